The van der Waals surface area contributed by atoms with E-state index in [9.17, 15) is 4.79 Å². The fourth-order valence-electron chi connectivity index (χ4n) is 2.73. The molecule has 6 heteroatoms. The first-order valence-electron chi connectivity index (χ1n) is 7.76. The van der Waals surface area contributed by atoms with E-state index in [1.54, 1.807) is 0 Å². The van der Waals surface area contributed by atoms with Crippen LogP contribution in [0.4, 0.5) is 0 Å². The quantitative estimate of drug-likeness (QED) is 0.567. The van der Waals surface area contributed by atoms with Crippen LogP contribution in [0.5, 0.6) is 0 Å². The maximum atomic E-state index is 12.6. The maximum Gasteiger partial charge on any atom is 0.208 e. The third-order valence-electron chi connectivity index (χ3n) is 3.93. The van der Waals surface area contributed by atoms with E-state index >= 15 is 0 Å². The van der Waals surface area contributed by atoms with Crippen LogP contribution >= 0.6 is 11.8 Å². The summed E-state index contributed by atoms with van der Waals surface area (Å²) < 4.78 is 2.12. The molecule has 2 heterocycles. The van der Waals surface area contributed by atoms with E-state index in [4.69, 9.17) is 0 Å². The number of thioether (sulfide) groups is 1. The fourth-order valence-corrected chi connectivity index (χ4v) is 3.46. The number of hydrogen-bond acceptors (Lipinski definition) is 4. The van der Waals surface area contributed by atoms with E-state index in [1.807, 2.05) is 26.8 Å². The SMILES string of the molecule is Cc1ccc(-n2c(C)cc(C(=O)CSc3n[nH]c(C)n3)c2C)cc1. The van der Waals surface area contributed by atoms with E-state index in [1.165, 1.54) is 17.3 Å². The van der Waals surface area contributed by atoms with Crippen molar-refractivity contribution < 1.29 is 4.79 Å². The minimum absolute atomic E-state index is 0.0916. The zero-order valence-corrected chi connectivity index (χ0v) is 15.1. The van der Waals surface area contributed by atoms with Gasteiger partial charge in [-0.15, -0.1) is 5.10 Å². The van der Waals surface area contributed by atoms with Gasteiger partial charge in [0, 0.05) is 22.6 Å². The molecule has 0 radical (unpaired) electrons. The van der Waals surface area contributed by atoms with Crippen molar-refractivity contribution in [1.82, 2.24) is 19.7 Å². The van der Waals surface area contributed by atoms with Crippen molar-refractivity contribution >= 4 is 17.5 Å². The predicted molar refractivity (Wildman–Crippen MR) is 96.2 cm³/mol. The number of benzene rings is 1. The summed E-state index contributed by atoms with van der Waals surface area (Å²) in [6.07, 6.45) is 0. The summed E-state index contributed by atoms with van der Waals surface area (Å²) in [6.45, 7) is 7.92. The highest BCUT2D eigenvalue weighted by Gasteiger charge is 2.17. The number of nitrogens with one attached hydrogen (secondary N) is 1. The molecule has 5 nitrogen and oxygen atoms in total. The molecule has 0 bridgehead atoms. The molecule has 2 aromatic heterocycles. The van der Waals surface area contributed by atoms with Gasteiger partial charge in [0.1, 0.15) is 5.82 Å². The highest BCUT2D eigenvalue weighted by molar-refractivity contribution is 7.99. The van der Waals surface area contributed by atoms with Crippen molar-refractivity contribution in [2.24, 2.45) is 0 Å². The van der Waals surface area contributed by atoms with Crippen LogP contribution in [0.15, 0.2) is 35.5 Å². The summed E-state index contributed by atoms with van der Waals surface area (Å²) in [6, 6.07) is 10.3. The first-order chi connectivity index (χ1) is 11.5. The van der Waals surface area contributed by atoms with Gasteiger partial charge in [-0.1, -0.05) is 29.5 Å². The van der Waals surface area contributed by atoms with E-state index in [0.717, 1.165) is 28.5 Å². The van der Waals surface area contributed by atoms with E-state index in [0.29, 0.717) is 10.9 Å². The summed E-state index contributed by atoms with van der Waals surface area (Å²) in [5, 5.41) is 7.44. The minimum Gasteiger partial charge on any atom is -0.318 e. The Labute approximate surface area is 145 Å². The number of aromatic nitrogens is 4. The Morgan fingerprint density at radius 2 is 1.88 bits per heavy atom. The lowest BCUT2D eigenvalue weighted by Gasteiger charge is -2.10. The minimum atomic E-state index is 0.0916. The molecule has 3 aromatic rings. The monoisotopic (exact) mass is 340 g/mol. The Hall–Kier alpha value is -2.34. The van der Waals surface area contributed by atoms with Crippen LogP contribution in [-0.2, 0) is 0 Å². The highest BCUT2D eigenvalue weighted by Crippen LogP contribution is 2.23. The molecule has 0 fully saturated rings. The Bertz CT molecular complexity index is 877. The van der Waals surface area contributed by atoms with Gasteiger partial charge in [-0.3, -0.25) is 9.89 Å². The Kier molecular flexibility index (Phi) is 4.57. The predicted octanol–water partition coefficient (Wildman–Crippen LogP) is 3.80. The zero-order chi connectivity index (χ0) is 17.3. The number of aryl methyl sites for hydroxylation is 3. The average Bonchev–Trinajstić information content (AvgIpc) is 3.09. The van der Waals surface area contributed by atoms with E-state index in [-0.39, 0.29) is 5.78 Å². The van der Waals surface area contributed by atoms with Crippen molar-refractivity contribution in [2.75, 3.05) is 5.75 Å². The van der Waals surface area contributed by atoms with Crippen LogP contribution in [-0.4, -0.2) is 31.3 Å². The largest absolute Gasteiger partial charge is 0.318 e. The molecule has 0 saturated carbocycles. The van der Waals surface area contributed by atoms with Crippen molar-refractivity contribution in [3.8, 4) is 5.69 Å². The number of aromatic amines is 1. The summed E-state index contributed by atoms with van der Waals surface area (Å²) in [5.74, 6) is 1.17. The van der Waals surface area contributed by atoms with Crippen molar-refractivity contribution in [3.05, 3.63) is 58.7 Å². The number of rotatable bonds is 5. The van der Waals surface area contributed by atoms with Crippen LogP contribution < -0.4 is 0 Å². The van der Waals surface area contributed by atoms with E-state index < -0.39 is 0 Å². The molecule has 124 valence electrons. The van der Waals surface area contributed by atoms with Gasteiger partial charge in [0.15, 0.2) is 5.78 Å². The van der Waals surface area contributed by atoms with Gasteiger partial charge in [0.25, 0.3) is 0 Å². The Balaban J connectivity index is 1.82. The second-order valence-electron chi connectivity index (χ2n) is 5.87. The van der Waals surface area contributed by atoms with Gasteiger partial charge in [-0.25, -0.2) is 4.98 Å². The number of Topliss-reactive ketones (excluding diaryl/α,β-unsaturated/α-hetero) is 1. The smallest absolute Gasteiger partial charge is 0.208 e. The zero-order valence-electron chi connectivity index (χ0n) is 14.3. The first kappa shape index (κ1) is 16.5. The number of carbonyl (C=O) groups is 1. The molecular weight excluding hydrogens is 320 g/mol. The molecule has 0 unspecified atom stereocenters. The van der Waals surface area contributed by atoms with Gasteiger partial charge in [-0.2, -0.15) is 0 Å². The summed E-state index contributed by atoms with van der Waals surface area (Å²) >= 11 is 1.35. The molecule has 0 spiro atoms. The molecular formula is C18H20N4OS. The van der Waals surface area contributed by atoms with Crippen LogP contribution in [0.25, 0.3) is 5.69 Å². The van der Waals surface area contributed by atoms with Crippen molar-refractivity contribution in [2.45, 2.75) is 32.9 Å². The molecule has 3 rings (SSSR count). The second kappa shape index (κ2) is 6.65. The third kappa shape index (κ3) is 3.28. The summed E-state index contributed by atoms with van der Waals surface area (Å²) in [4.78, 5) is 16.8. The van der Waals surface area contributed by atoms with Crippen LogP contribution in [0.1, 0.15) is 33.1 Å². The second-order valence-corrected chi connectivity index (χ2v) is 6.81. The van der Waals surface area contributed by atoms with E-state index in [2.05, 4.69) is 50.9 Å². The normalized spacial score (nSPS) is 11.0. The molecule has 0 amide bonds. The van der Waals surface area contributed by atoms with Crippen LogP contribution in [0.2, 0.25) is 0 Å². The third-order valence-corrected chi connectivity index (χ3v) is 4.78. The fraction of sp³-hybridized carbons (Fsp3) is 0.278. The molecule has 0 aliphatic rings. The van der Waals surface area contributed by atoms with Gasteiger partial charge in [-0.05, 0) is 45.9 Å². The number of hydrogen-bond donors (Lipinski definition) is 1. The summed E-state index contributed by atoms with van der Waals surface area (Å²) in [7, 11) is 0. The number of ketones is 1. The van der Waals surface area contributed by atoms with Crippen molar-refractivity contribution in [1.29, 1.82) is 0 Å². The van der Waals surface area contributed by atoms with Crippen LogP contribution in [0, 0.1) is 27.7 Å². The lowest BCUT2D eigenvalue weighted by atomic mass is 10.2. The maximum absolute atomic E-state index is 12.6. The van der Waals surface area contributed by atoms with Gasteiger partial charge in [0.2, 0.25) is 5.16 Å². The molecule has 1 N–H and O–H groups in total. The number of carbonyl (C=O) groups excluding carboxylic acids is 1. The molecule has 24 heavy (non-hydrogen) atoms. The first-order valence-corrected chi connectivity index (χ1v) is 8.75. The molecule has 0 aliphatic carbocycles. The topological polar surface area (TPSA) is 63.6 Å². The number of nitrogens with zero attached hydrogens (tertiary/aromatic N) is 3. The lowest BCUT2D eigenvalue weighted by molar-refractivity contribution is 0.102. The standard InChI is InChI=1S/C18H20N4OS/c1-11-5-7-15(8-6-11)22-12(2)9-16(13(22)3)17(23)10-24-18-19-14(4)20-21-18/h5-9H,10H2,1-4H3,(H,19,20,21). The average molecular weight is 340 g/mol. The Morgan fingerprint density at radius 3 is 2.50 bits per heavy atom. The van der Waals surface area contributed by atoms with Gasteiger partial charge >= 0.3 is 0 Å². The van der Waals surface area contributed by atoms with Gasteiger partial charge < -0.3 is 4.57 Å². The van der Waals surface area contributed by atoms with Crippen LogP contribution in [0.3, 0.4) is 0 Å². The highest BCUT2D eigenvalue weighted by atomic mass is 32.2. The molecule has 0 atom stereocenters. The summed E-state index contributed by atoms with van der Waals surface area (Å²) in [5.41, 5.74) is 5.07. The van der Waals surface area contributed by atoms with Crippen molar-refractivity contribution in [3.63, 3.8) is 0 Å². The van der Waals surface area contributed by atoms with Gasteiger partial charge in [0.05, 0.1) is 5.75 Å². The molecule has 1 aromatic carbocycles. The molecule has 0 aliphatic heterocycles. The number of H-pyrrole nitrogens is 1. The Morgan fingerprint density at radius 1 is 1.17 bits per heavy atom. The molecule has 0 saturated heterocycles. The lowest BCUT2D eigenvalue weighted by Crippen LogP contribution is -2.05.